The fraction of sp³-hybridized carbons (Fsp3) is 0.348. The van der Waals surface area contributed by atoms with Crippen LogP contribution in [0.4, 0.5) is 10.2 Å². The summed E-state index contributed by atoms with van der Waals surface area (Å²) >= 11 is 0. The highest BCUT2D eigenvalue weighted by molar-refractivity contribution is 5.91. The van der Waals surface area contributed by atoms with Crippen LogP contribution in [0.2, 0.25) is 0 Å². The summed E-state index contributed by atoms with van der Waals surface area (Å²) < 4.78 is 13.1. The molecular formula is C23H22FN3O. The normalized spacial score (nSPS) is 26.2. The van der Waals surface area contributed by atoms with Gasteiger partial charge in [-0.05, 0) is 42.4 Å². The van der Waals surface area contributed by atoms with Crippen molar-refractivity contribution in [2.75, 3.05) is 5.32 Å². The van der Waals surface area contributed by atoms with Crippen LogP contribution in [0.3, 0.4) is 0 Å². The molecule has 1 atom stereocenters. The van der Waals surface area contributed by atoms with Crippen LogP contribution in [0.5, 0.6) is 0 Å². The van der Waals surface area contributed by atoms with Crippen molar-refractivity contribution in [3.8, 4) is 0 Å². The Morgan fingerprint density at radius 3 is 2.61 bits per heavy atom. The predicted molar refractivity (Wildman–Crippen MR) is 106 cm³/mol. The molecule has 6 rings (SSSR count). The molecule has 0 aliphatic heterocycles. The molecule has 1 aromatic heterocycles. The number of aromatic nitrogens is 2. The molecule has 0 saturated heterocycles. The van der Waals surface area contributed by atoms with Gasteiger partial charge in [0.05, 0.1) is 6.20 Å². The van der Waals surface area contributed by atoms with Gasteiger partial charge in [-0.15, -0.1) is 5.10 Å². The van der Waals surface area contributed by atoms with Gasteiger partial charge in [0.1, 0.15) is 11.6 Å². The summed E-state index contributed by atoms with van der Waals surface area (Å²) in [5.74, 6) is 0.814. The predicted octanol–water partition coefficient (Wildman–Crippen LogP) is 4.55. The van der Waals surface area contributed by atoms with Crippen molar-refractivity contribution >= 4 is 22.4 Å². The summed E-state index contributed by atoms with van der Waals surface area (Å²) in [6.45, 7) is 2.05. The number of Topliss-reactive ketones (excluding diaryl/α,β-unsaturated/α-hetero) is 1. The van der Waals surface area contributed by atoms with Crippen LogP contribution >= 0.6 is 0 Å². The average molecular weight is 375 g/mol. The molecule has 3 fully saturated rings. The van der Waals surface area contributed by atoms with Gasteiger partial charge in [0.25, 0.3) is 0 Å². The van der Waals surface area contributed by atoms with E-state index in [1.165, 1.54) is 12.1 Å². The Morgan fingerprint density at radius 1 is 1.14 bits per heavy atom. The fourth-order valence-corrected chi connectivity index (χ4v) is 5.13. The minimum Gasteiger partial charge on any atom is -0.363 e. The van der Waals surface area contributed by atoms with E-state index in [0.29, 0.717) is 6.42 Å². The highest BCUT2D eigenvalue weighted by Crippen LogP contribution is 2.71. The van der Waals surface area contributed by atoms with E-state index in [4.69, 9.17) is 0 Å². The molecule has 4 nitrogen and oxygen atoms in total. The Balaban J connectivity index is 1.25. The van der Waals surface area contributed by atoms with Gasteiger partial charge in [-0.1, -0.05) is 43.3 Å². The molecule has 5 heteroatoms. The number of anilines is 1. The van der Waals surface area contributed by atoms with Gasteiger partial charge in [-0.25, -0.2) is 4.39 Å². The Hall–Kier alpha value is -2.82. The zero-order valence-corrected chi connectivity index (χ0v) is 15.8. The summed E-state index contributed by atoms with van der Waals surface area (Å²) in [6, 6.07) is 14.3. The Kier molecular flexibility index (Phi) is 3.76. The molecule has 2 aromatic carbocycles. The maximum absolute atomic E-state index is 13.1. The van der Waals surface area contributed by atoms with E-state index in [2.05, 4.69) is 21.6 Å². The Morgan fingerprint density at radius 2 is 1.86 bits per heavy atom. The maximum atomic E-state index is 13.1. The highest BCUT2D eigenvalue weighted by Gasteiger charge is 2.70. The number of nitrogens with one attached hydrogen (secondary N) is 1. The molecule has 3 aromatic rings. The van der Waals surface area contributed by atoms with E-state index in [1.54, 1.807) is 18.3 Å². The van der Waals surface area contributed by atoms with Gasteiger partial charge in [0, 0.05) is 28.7 Å². The minimum atomic E-state index is -0.270. The number of fused-ring (bicyclic) bond motifs is 1. The van der Waals surface area contributed by atoms with Crippen LogP contribution in [0.1, 0.15) is 31.7 Å². The number of ketones is 1. The summed E-state index contributed by atoms with van der Waals surface area (Å²) in [5, 5.41) is 14.2. The first-order chi connectivity index (χ1) is 13.5. The van der Waals surface area contributed by atoms with E-state index in [-0.39, 0.29) is 28.5 Å². The number of carbonyl (C=O) groups excluding carboxylic acids is 1. The Labute approximate surface area is 163 Å². The lowest BCUT2D eigenvalue weighted by Gasteiger charge is -2.72. The van der Waals surface area contributed by atoms with Crippen LogP contribution in [-0.4, -0.2) is 21.5 Å². The van der Waals surface area contributed by atoms with Crippen LogP contribution in [-0.2, 0) is 11.2 Å². The van der Waals surface area contributed by atoms with Crippen molar-refractivity contribution < 1.29 is 9.18 Å². The minimum absolute atomic E-state index is 0.0137. The van der Waals surface area contributed by atoms with Gasteiger partial charge in [-0.3, -0.25) is 4.79 Å². The largest absolute Gasteiger partial charge is 0.363 e. The van der Waals surface area contributed by atoms with Gasteiger partial charge in [0.2, 0.25) is 0 Å². The summed E-state index contributed by atoms with van der Waals surface area (Å²) in [6.07, 6.45) is 5.11. The van der Waals surface area contributed by atoms with Gasteiger partial charge >= 0.3 is 0 Å². The summed E-state index contributed by atoms with van der Waals surface area (Å²) in [5.41, 5.74) is 1.02. The summed E-state index contributed by atoms with van der Waals surface area (Å²) in [7, 11) is 0. The molecule has 2 bridgehead atoms. The zero-order chi connectivity index (χ0) is 19.4. The second-order valence-corrected chi connectivity index (χ2v) is 8.57. The molecule has 3 aliphatic carbocycles. The third-order valence-corrected chi connectivity index (χ3v) is 6.72. The molecule has 0 spiro atoms. The van der Waals surface area contributed by atoms with Crippen molar-refractivity contribution in [2.45, 2.75) is 38.1 Å². The zero-order valence-electron chi connectivity index (χ0n) is 15.8. The molecule has 142 valence electrons. The number of rotatable bonds is 6. The van der Waals surface area contributed by atoms with Crippen molar-refractivity contribution in [1.29, 1.82) is 0 Å². The maximum Gasteiger partial charge on any atom is 0.157 e. The molecule has 1 heterocycles. The standard InChI is InChI=1S/C23H22FN3O/c1-15(20(28)10-16-6-8-18(24)9-7-16)22-12-23(13-22,14-22)26-21-19-5-3-2-4-17(19)11-25-27-21/h2-9,11,15H,10,12-14H2,1H3,(H,26,27). The lowest BCUT2D eigenvalue weighted by Crippen LogP contribution is -2.73. The highest BCUT2D eigenvalue weighted by atomic mass is 19.1. The quantitative estimate of drug-likeness (QED) is 0.687. The third-order valence-electron chi connectivity index (χ3n) is 6.72. The second-order valence-electron chi connectivity index (χ2n) is 8.57. The molecule has 1 unspecified atom stereocenters. The molecule has 3 saturated carbocycles. The van der Waals surface area contributed by atoms with Gasteiger partial charge < -0.3 is 5.32 Å². The van der Waals surface area contributed by atoms with Crippen molar-refractivity contribution in [2.24, 2.45) is 11.3 Å². The average Bonchev–Trinajstić information content (AvgIpc) is 2.65. The first-order valence-electron chi connectivity index (χ1n) is 9.75. The van der Waals surface area contributed by atoms with E-state index in [0.717, 1.165) is 41.4 Å². The monoisotopic (exact) mass is 375 g/mol. The molecule has 0 radical (unpaired) electrons. The molecule has 28 heavy (non-hydrogen) atoms. The fourth-order valence-electron chi connectivity index (χ4n) is 5.13. The van der Waals surface area contributed by atoms with Crippen LogP contribution in [0, 0.1) is 17.2 Å². The summed E-state index contributed by atoms with van der Waals surface area (Å²) in [4.78, 5) is 12.8. The topological polar surface area (TPSA) is 54.9 Å². The van der Waals surface area contributed by atoms with E-state index >= 15 is 0 Å². The number of benzene rings is 2. The molecule has 0 amide bonds. The lowest BCUT2D eigenvalue weighted by atomic mass is 9.35. The number of halogens is 1. The van der Waals surface area contributed by atoms with Gasteiger partial charge in [0.15, 0.2) is 5.82 Å². The number of hydrogen-bond acceptors (Lipinski definition) is 4. The number of carbonyl (C=O) groups is 1. The van der Waals surface area contributed by atoms with Crippen molar-refractivity contribution in [1.82, 2.24) is 10.2 Å². The van der Waals surface area contributed by atoms with Crippen LogP contribution in [0.25, 0.3) is 10.8 Å². The second kappa shape index (κ2) is 6.09. The van der Waals surface area contributed by atoms with Gasteiger partial charge in [-0.2, -0.15) is 5.10 Å². The molecular weight excluding hydrogens is 353 g/mol. The first kappa shape index (κ1) is 17.3. The smallest absolute Gasteiger partial charge is 0.157 e. The molecule has 3 aliphatic rings. The van der Waals surface area contributed by atoms with E-state index in [9.17, 15) is 9.18 Å². The number of nitrogens with zero attached hydrogens (tertiary/aromatic N) is 2. The first-order valence-corrected chi connectivity index (χ1v) is 9.75. The Bertz CT molecular complexity index is 1040. The van der Waals surface area contributed by atoms with Crippen LogP contribution < -0.4 is 5.32 Å². The number of hydrogen-bond donors (Lipinski definition) is 1. The third kappa shape index (κ3) is 2.68. The van der Waals surface area contributed by atoms with Crippen molar-refractivity contribution in [3.05, 3.63) is 66.1 Å². The van der Waals surface area contributed by atoms with E-state index in [1.807, 2.05) is 25.1 Å². The molecule has 1 N–H and O–H groups in total. The van der Waals surface area contributed by atoms with Crippen molar-refractivity contribution in [3.63, 3.8) is 0 Å². The van der Waals surface area contributed by atoms with Crippen LogP contribution in [0.15, 0.2) is 54.7 Å². The SMILES string of the molecule is CC(C(=O)Cc1ccc(F)cc1)C12CC(Nc3nncc4ccccc34)(C1)C2. The lowest BCUT2D eigenvalue weighted by molar-refractivity contribution is -0.167. The van der Waals surface area contributed by atoms with E-state index < -0.39 is 0 Å².